The number of halogens is 2. The average molecular weight is 323 g/mol. The molecule has 19 heavy (non-hydrogen) atoms. The van der Waals surface area contributed by atoms with Gasteiger partial charge in [-0.1, -0.05) is 54.0 Å². The first kappa shape index (κ1) is 14.1. The molecule has 0 aliphatic heterocycles. The molecule has 0 N–H and O–H groups in total. The quantitative estimate of drug-likeness (QED) is 0.662. The van der Waals surface area contributed by atoms with E-state index in [1.54, 1.807) is 6.07 Å². The van der Waals surface area contributed by atoms with E-state index in [9.17, 15) is 4.39 Å². The lowest BCUT2D eigenvalue weighted by atomic mass is 10.0. The zero-order valence-corrected chi connectivity index (χ0v) is 12.6. The molecule has 0 bridgehead atoms. The molecule has 1 nitrogen and oxygen atoms in total. The molecule has 0 saturated carbocycles. The lowest BCUT2D eigenvalue weighted by molar-refractivity contribution is 0.435. The summed E-state index contributed by atoms with van der Waals surface area (Å²) < 4.78 is 19.6. The molecular weight excluding hydrogens is 307 g/mol. The van der Waals surface area contributed by atoms with Gasteiger partial charge in [-0.15, -0.1) is 0 Å². The predicted octanol–water partition coefficient (Wildman–Crippen LogP) is 5.64. The molecular formula is C16H16BrFO. The van der Waals surface area contributed by atoms with Crippen LogP contribution in [-0.2, 0) is 5.33 Å². The number of para-hydroxylation sites is 1. The molecule has 3 heteroatoms. The van der Waals surface area contributed by atoms with Gasteiger partial charge in [0.1, 0.15) is 5.75 Å². The molecule has 100 valence electrons. The van der Waals surface area contributed by atoms with Crippen molar-refractivity contribution in [3.05, 3.63) is 59.4 Å². The van der Waals surface area contributed by atoms with Crippen LogP contribution in [-0.4, -0.2) is 0 Å². The summed E-state index contributed by atoms with van der Waals surface area (Å²) in [6.45, 7) is 4.18. The minimum absolute atomic E-state index is 0.262. The Balaban J connectivity index is 2.31. The van der Waals surface area contributed by atoms with Crippen LogP contribution in [0.2, 0.25) is 0 Å². The van der Waals surface area contributed by atoms with Crippen molar-refractivity contribution in [2.24, 2.45) is 0 Å². The number of hydrogen-bond acceptors (Lipinski definition) is 1. The van der Waals surface area contributed by atoms with Crippen molar-refractivity contribution in [3.63, 3.8) is 0 Å². The molecule has 0 aliphatic rings. The molecule has 0 fully saturated rings. The summed E-state index contributed by atoms with van der Waals surface area (Å²) in [5, 5.41) is 0.632. The Morgan fingerprint density at radius 1 is 1.11 bits per heavy atom. The number of benzene rings is 2. The van der Waals surface area contributed by atoms with E-state index in [0.717, 1.165) is 11.1 Å². The predicted molar refractivity (Wildman–Crippen MR) is 79.6 cm³/mol. The molecule has 2 rings (SSSR count). The second-order valence-corrected chi connectivity index (χ2v) is 5.25. The summed E-state index contributed by atoms with van der Waals surface area (Å²) in [5.74, 6) is 0.970. The largest absolute Gasteiger partial charge is 0.454 e. The molecule has 0 saturated heterocycles. The number of rotatable bonds is 4. The number of hydrogen-bond donors (Lipinski definition) is 0. The fourth-order valence-electron chi connectivity index (χ4n) is 1.88. The van der Waals surface area contributed by atoms with E-state index in [0.29, 0.717) is 17.0 Å². The van der Waals surface area contributed by atoms with Gasteiger partial charge in [0.15, 0.2) is 11.6 Å². The second-order valence-electron chi connectivity index (χ2n) is 4.69. The first-order valence-electron chi connectivity index (χ1n) is 6.23. The van der Waals surface area contributed by atoms with E-state index in [-0.39, 0.29) is 11.6 Å². The van der Waals surface area contributed by atoms with E-state index in [1.807, 2.05) is 30.3 Å². The van der Waals surface area contributed by atoms with Crippen molar-refractivity contribution in [1.29, 1.82) is 0 Å². The Morgan fingerprint density at radius 3 is 2.47 bits per heavy atom. The van der Waals surface area contributed by atoms with Crippen molar-refractivity contribution in [3.8, 4) is 11.5 Å². The maximum absolute atomic E-state index is 13.9. The van der Waals surface area contributed by atoms with Crippen LogP contribution >= 0.6 is 15.9 Å². The third kappa shape index (κ3) is 3.35. The van der Waals surface area contributed by atoms with Gasteiger partial charge in [-0.25, -0.2) is 4.39 Å². The van der Waals surface area contributed by atoms with Gasteiger partial charge in [0, 0.05) is 5.33 Å². The SMILES string of the molecule is CC(C)c1ccccc1Oc1ccc(CBr)cc1F. The van der Waals surface area contributed by atoms with Gasteiger partial charge in [-0.3, -0.25) is 0 Å². The van der Waals surface area contributed by atoms with E-state index in [4.69, 9.17) is 4.74 Å². The summed E-state index contributed by atoms with van der Waals surface area (Å²) in [7, 11) is 0. The second kappa shape index (κ2) is 6.20. The number of alkyl halides is 1. The Bertz CT molecular complexity index is 566. The van der Waals surface area contributed by atoms with Gasteiger partial charge in [0.05, 0.1) is 0 Å². The van der Waals surface area contributed by atoms with Gasteiger partial charge in [-0.2, -0.15) is 0 Å². The van der Waals surface area contributed by atoms with Gasteiger partial charge < -0.3 is 4.74 Å². The third-order valence-corrected chi connectivity index (χ3v) is 3.56. The van der Waals surface area contributed by atoms with E-state index < -0.39 is 0 Å². The smallest absolute Gasteiger partial charge is 0.166 e. The van der Waals surface area contributed by atoms with Crippen LogP contribution in [0.4, 0.5) is 4.39 Å². The number of ether oxygens (including phenoxy) is 1. The van der Waals surface area contributed by atoms with Crippen LogP contribution < -0.4 is 4.74 Å². The molecule has 0 aromatic heterocycles. The minimum atomic E-state index is -0.337. The summed E-state index contributed by atoms with van der Waals surface area (Å²) >= 11 is 3.31. The molecule has 0 amide bonds. The molecule has 0 atom stereocenters. The van der Waals surface area contributed by atoms with Gasteiger partial charge in [-0.05, 0) is 35.2 Å². The molecule has 0 heterocycles. The van der Waals surface area contributed by atoms with Crippen LogP contribution in [0.25, 0.3) is 0 Å². The first-order valence-corrected chi connectivity index (χ1v) is 7.35. The molecule has 2 aromatic carbocycles. The van der Waals surface area contributed by atoms with E-state index in [1.165, 1.54) is 6.07 Å². The van der Waals surface area contributed by atoms with Gasteiger partial charge in [0.2, 0.25) is 0 Å². The van der Waals surface area contributed by atoms with Gasteiger partial charge >= 0.3 is 0 Å². The van der Waals surface area contributed by atoms with E-state index >= 15 is 0 Å². The Morgan fingerprint density at radius 2 is 1.84 bits per heavy atom. The Hall–Kier alpha value is -1.35. The Labute approximate surface area is 121 Å². The summed E-state index contributed by atoms with van der Waals surface area (Å²) in [4.78, 5) is 0. The van der Waals surface area contributed by atoms with Crippen LogP contribution in [0.1, 0.15) is 30.9 Å². The molecule has 0 aliphatic carbocycles. The first-order chi connectivity index (χ1) is 9.11. The summed E-state index contributed by atoms with van der Waals surface area (Å²) in [6.07, 6.45) is 0. The lowest BCUT2D eigenvalue weighted by Gasteiger charge is -2.14. The third-order valence-electron chi connectivity index (χ3n) is 2.91. The maximum Gasteiger partial charge on any atom is 0.166 e. The van der Waals surface area contributed by atoms with Crippen molar-refractivity contribution >= 4 is 15.9 Å². The molecule has 2 aromatic rings. The topological polar surface area (TPSA) is 9.23 Å². The molecule has 0 unspecified atom stereocenters. The lowest BCUT2D eigenvalue weighted by Crippen LogP contribution is -1.95. The normalized spacial score (nSPS) is 10.8. The Kier molecular flexibility index (Phi) is 4.59. The summed E-state index contributed by atoms with van der Waals surface area (Å²) in [5.41, 5.74) is 1.97. The molecule has 0 radical (unpaired) electrons. The zero-order valence-electron chi connectivity index (χ0n) is 11.0. The van der Waals surface area contributed by atoms with E-state index in [2.05, 4.69) is 29.8 Å². The minimum Gasteiger partial charge on any atom is -0.454 e. The van der Waals surface area contributed by atoms with Gasteiger partial charge in [0.25, 0.3) is 0 Å². The van der Waals surface area contributed by atoms with Crippen LogP contribution in [0.15, 0.2) is 42.5 Å². The van der Waals surface area contributed by atoms with Crippen molar-refractivity contribution in [1.82, 2.24) is 0 Å². The fourth-order valence-corrected chi connectivity index (χ4v) is 2.23. The van der Waals surface area contributed by atoms with Crippen LogP contribution in [0.5, 0.6) is 11.5 Å². The maximum atomic E-state index is 13.9. The highest BCUT2D eigenvalue weighted by atomic mass is 79.9. The fraction of sp³-hybridized carbons (Fsp3) is 0.250. The zero-order chi connectivity index (χ0) is 13.8. The highest BCUT2D eigenvalue weighted by Gasteiger charge is 2.10. The van der Waals surface area contributed by atoms with Crippen molar-refractivity contribution < 1.29 is 9.13 Å². The molecule has 0 spiro atoms. The van der Waals surface area contributed by atoms with Crippen LogP contribution in [0.3, 0.4) is 0 Å². The highest BCUT2D eigenvalue weighted by Crippen LogP contribution is 2.31. The summed E-state index contributed by atoms with van der Waals surface area (Å²) in [6, 6.07) is 12.7. The standard InChI is InChI=1S/C16H16BrFO/c1-11(2)13-5-3-4-6-15(13)19-16-8-7-12(10-17)9-14(16)18/h3-9,11H,10H2,1-2H3. The van der Waals surface area contributed by atoms with Crippen molar-refractivity contribution in [2.45, 2.75) is 25.1 Å². The monoisotopic (exact) mass is 322 g/mol. The van der Waals surface area contributed by atoms with Crippen molar-refractivity contribution in [2.75, 3.05) is 0 Å². The highest BCUT2D eigenvalue weighted by molar-refractivity contribution is 9.08. The van der Waals surface area contributed by atoms with Crippen LogP contribution in [0, 0.1) is 5.82 Å². The average Bonchev–Trinajstić information content (AvgIpc) is 2.41.